The van der Waals surface area contributed by atoms with Crippen LogP contribution in [0.3, 0.4) is 0 Å². The summed E-state index contributed by atoms with van der Waals surface area (Å²) in [5.41, 5.74) is 8.21. The van der Waals surface area contributed by atoms with Gasteiger partial charge in [-0.05, 0) is 68.8 Å². The number of piperidine rings is 1. The van der Waals surface area contributed by atoms with Crippen LogP contribution in [-0.2, 0) is 11.3 Å². The minimum Gasteiger partial charge on any atom is -0.328 e. The summed E-state index contributed by atoms with van der Waals surface area (Å²) < 4.78 is 0. The molecule has 0 aromatic heterocycles. The van der Waals surface area contributed by atoms with Gasteiger partial charge in [-0.2, -0.15) is 0 Å². The first-order valence-corrected chi connectivity index (χ1v) is 9.48. The molecule has 3 N–H and O–H groups in total. The molecule has 0 bridgehead atoms. The van der Waals surface area contributed by atoms with E-state index in [0.717, 1.165) is 43.8 Å². The molecule has 1 aromatic carbocycles. The maximum Gasteiger partial charge on any atom is 0.227 e. The molecule has 6 heteroatoms. The third-order valence-electron chi connectivity index (χ3n) is 5.59. The Morgan fingerprint density at radius 1 is 1.12 bits per heavy atom. The van der Waals surface area contributed by atoms with Crippen molar-refractivity contribution in [3.63, 3.8) is 0 Å². The van der Waals surface area contributed by atoms with Gasteiger partial charge >= 0.3 is 0 Å². The van der Waals surface area contributed by atoms with E-state index < -0.39 is 0 Å². The van der Waals surface area contributed by atoms with Crippen LogP contribution in [0.4, 0.5) is 5.69 Å². The van der Waals surface area contributed by atoms with Crippen molar-refractivity contribution in [2.45, 2.75) is 58.0 Å². The summed E-state index contributed by atoms with van der Waals surface area (Å²) in [7, 11) is 0. The molecule has 148 valence electrons. The highest BCUT2D eigenvalue weighted by molar-refractivity contribution is 5.92. The number of amides is 1. The second kappa shape index (κ2) is 11.1. The number of hydrogen-bond donors (Lipinski definition) is 2. The SMILES string of the molecule is CC1CCN(Cc2ccc(NC(=O)C3CCCC(N)C3)cc2)CC1.Cl.Cl. The number of carbonyl (C=O) groups excluding carboxylic acids is 1. The number of likely N-dealkylation sites (tertiary alicyclic amines) is 1. The topological polar surface area (TPSA) is 58.4 Å². The standard InChI is InChI=1S/C20H31N3O.2ClH/c1-15-9-11-23(12-10-15)14-16-5-7-19(8-6-16)22-20(24)17-3-2-4-18(21)13-17;;/h5-8,15,17-18H,2-4,9-14,21H2,1H3,(H,22,24);2*1H. The summed E-state index contributed by atoms with van der Waals surface area (Å²) in [6.07, 6.45) is 6.50. The monoisotopic (exact) mass is 401 g/mol. The van der Waals surface area contributed by atoms with E-state index in [9.17, 15) is 4.79 Å². The minimum atomic E-state index is 0. The van der Waals surface area contributed by atoms with Crippen LogP contribution in [0.1, 0.15) is 51.0 Å². The lowest BCUT2D eigenvalue weighted by Crippen LogP contribution is -2.34. The summed E-state index contributed by atoms with van der Waals surface area (Å²) in [6.45, 7) is 5.75. The largest absolute Gasteiger partial charge is 0.328 e. The first kappa shape index (κ1) is 23.2. The molecule has 1 amide bonds. The molecule has 0 radical (unpaired) electrons. The van der Waals surface area contributed by atoms with E-state index in [2.05, 4.69) is 29.3 Å². The van der Waals surface area contributed by atoms with Crippen molar-refractivity contribution in [2.24, 2.45) is 17.6 Å². The molecule has 3 rings (SSSR count). The predicted molar refractivity (Wildman–Crippen MR) is 113 cm³/mol. The zero-order chi connectivity index (χ0) is 16.9. The van der Waals surface area contributed by atoms with Gasteiger partial charge in [-0.15, -0.1) is 24.8 Å². The van der Waals surface area contributed by atoms with Gasteiger partial charge in [0.25, 0.3) is 0 Å². The van der Waals surface area contributed by atoms with E-state index in [-0.39, 0.29) is 42.7 Å². The fourth-order valence-electron chi connectivity index (χ4n) is 3.88. The zero-order valence-corrected chi connectivity index (χ0v) is 17.3. The second-order valence-corrected chi connectivity index (χ2v) is 7.77. The second-order valence-electron chi connectivity index (χ2n) is 7.77. The van der Waals surface area contributed by atoms with Crippen molar-refractivity contribution in [1.29, 1.82) is 0 Å². The van der Waals surface area contributed by atoms with Gasteiger partial charge in [0.15, 0.2) is 0 Å². The summed E-state index contributed by atoms with van der Waals surface area (Å²) in [6, 6.07) is 8.52. The van der Waals surface area contributed by atoms with Crippen LogP contribution < -0.4 is 11.1 Å². The molecule has 2 unspecified atom stereocenters. The molecule has 2 fully saturated rings. The third-order valence-corrected chi connectivity index (χ3v) is 5.59. The lowest BCUT2D eigenvalue weighted by atomic mass is 9.85. The Kier molecular flexibility index (Phi) is 9.94. The van der Waals surface area contributed by atoms with Gasteiger partial charge in [-0.1, -0.05) is 25.5 Å². The van der Waals surface area contributed by atoms with Crippen LogP contribution >= 0.6 is 24.8 Å². The zero-order valence-electron chi connectivity index (χ0n) is 15.7. The summed E-state index contributed by atoms with van der Waals surface area (Å²) in [5.74, 6) is 1.07. The smallest absolute Gasteiger partial charge is 0.227 e. The summed E-state index contributed by atoms with van der Waals surface area (Å²) in [5, 5.41) is 3.06. The van der Waals surface area contributed by atoms with E-state index in [1.165, 1.54) is 31.5 Å². The summed E-state index contributed by atoms with van der Waals surface area (Å²) in [4.78, 5) is 14.9. The van der Waals surface area contributed by atoms with Crippen LogP contribution in [-0.4, -0.2) is 29.9 Å². The number of rotatable bonds is 4. The molecule has 4 nitrogen and oxygen atoms in total. The molecule has 2 aliphatic rings. The number of anilines is 1. The number of halogens is 2. The van der Waals surface area contributed by atoms with E-state index in [1.807, 2.05) is 12.1 Å². The average Bonchev–Trinajstić information content (AvgIpc) is 2.59. The van der Waals surface area contributed by atoms with Gasteiger partial charge in [-0.3, -0.25) is 9.69 Å². The van der Waals surface area contributed by atoms with Crippen LogP contribution in [0.2, 0.25) is 0 Å². The average molecular weight is 402 g/mol. The van der Waals surface area contributed by atoms with Crippen LogP contribution in [0, 0.1) is 11.8 Å². The first-order chi connectivity index (χ1) is 11.6. The highest BCUT2D eigenvalue weighted by atomic mass is 35.5. The molecule has 0 spiro atoms. The Morgan fingerprint density at radius 3 is 2.38 bits per heavy atom. The normalized spacial score (nSPS) is 24.2. The molecule has 1 saturated carbocycles. The molecular weight excluding hydrogens is 369 g/mol. The Bertz CT molecular complexity index is 544. The van der Waals surface area contributed by atoms with Gasteiger partial charge in [0.2, 0.25) is 5.91 Å². The first-order valence-electron chi connectivity index (χ1n) is 9.48. The van der Waals surface area contributed by atoms with Crippen molar-refractivity contribution >= 4 is 36.4 Å². The predicted octanol–water partition coefficient (Wildman–Crippen LogP) is 4.22. The van der Waals surface area contributed by atoms with Crippen LogP contribution in [0.15, 0.2) is 24.3 Å². The molecule has 1 aliphatic carbocycles. The van der Waals surface area contributed by atoms with E-state index in [4.69, 9.17) is 5.73 Å². The van der Waals surface area contributed by atoms with Gasteiger partial charge in [0.1, 0.15) is 0 Å². The lowest BCUT2D eigenvalue weighted by molar-refractivity contribution is -0.120. The Balaban J connectivity index is 0.00000169. The lowest BCUT2D eigenvalue weighted by Gasteiger charge is -2.30. The van der Waals surface area contributed by atoms with Gasteiger partial charge in [0, 0.05) is 24.2 Å². The Hall–Kier alpha value is -0.810. The van der Waals surface area contributed by atoms with Gasteiger partial charge in [0.05, 0.1) is 0 Å². The molecule has 1 aliphatic heterocycles. The molecule has 1 heterocycles. The van der Waals surface area contributed by atoms with Crippen molar-refractivity contribution in [3.05, 3.63) is 29.8 Å². The van der Waals surface area contributed by atoms with E-state index in [1.54, 1.807) is 0 Å². The van der Waals surface area contributed by atoms with E-state index >= 15 is 0 Å². The molecule has 2 atom stereocenters. The third kappa shape index (κ3) is 6.73. The number of nitrogens with zero attached hydrogens (tertiary/aromatic N) is 1. The fraction of sp³-hybridized carbons (Fsp3) is 0.650. The highest BCUT2D eigenvalue weighted by Crippen LogP contribution is 2.25. The molecule has 26 heavy (non-hydrogen) atoms. The van der Waals surface area contributed by atoms with E-state index in [0.29, 0.717) is 0 Å². The van der Waals surface area contributed by atoms with Gasteiger partial charge < -0.3 is 11.1 Å². The fourth-order valence-corrected chi connectivity index (χ4v) is 3.88. The molecule has 1 saturated heterocycles. The number of nitrogens with two attached hydrogens (primary N) is 1. The maximum absolute atomic E-state index is 12.4. The molecule has 1 aromatic rings. The quantitative estimate of drug-likeness (QED) is 0.793. The van der Waals surface area contributed by atoms with Gasteiger partial charge in [-0.25, -0.2) is 0 Å². The van der Waals surface area contributed by atoms with Crippen molar-refractivity contribution in [2.75, 3.05) is 18.4 Å². The van der Waals surface area contributed by atoms with Crippen LogP contribution in [0.5, 0.6) is 0 Å². The number of nitrogens with one attached hydrogen (secondary N) is 1. The van der Waals surface area contributed by atoms with Crippen molar-refractivity contribution in [3.8, 4) is 0 Å². The number of benzene rings is 1. The minimum absolute atomic E-state index is 0. The maximum atomic E-state index is 12.4. The van der Waals surface area contributed by atoms with Crippen LogP contribution in [0.25, 0.3) is 0 Å². The van der Waals surface area contributed by atoms with Crippen molar-refractivity contribution in [1.82, 2.24) is 4.90 Å². The Labute approximate surface area is 170 Å². The molecular formula is C20H33Cl2N3O. The highest BCUT2D eigenvalue weighted by Gasteiger charge is 2.25. The number of hydrogen-bond acceptors (Lipinski definition) is 3. The summed E-state index contributed by atoms with van der Waals surface area (Å²) >= 11 is 0. The van der Waals surface area contributed by atoms with Crippen molar-refractivity contribution < 1.29 is 4.79 Å². The number of carbonyl (C=O) groups is 1. The Morgan fingerprint density at radius 2 is 1.77 bits per heavy atom.